The van der Waals surface area contributed by atoms with Gasteiger partial charge in [0.25, 0.3) is 0 Å². The quantitative estimate of drug-likeness (QED) is 0.433. The lowest BCUT2D eigenvalue weighted by Crippen LogP contribution is -2.51. The Hall–Kier alpha value is -2.87. The van der Waals surface area contributed by atoms with E-state index < -0.39 is 16.1 Å². The van der Waals surface area contributed by atoms with Crippen LogP contribution in [0.2, 0.25) is 0 Å². The molecule has 0 saturated heterocycles. The Labute approximate surface area is 222 Å². The summed E-state index contributed by atoms with van der Waals surface area (Å²) in [6, 6.07) is 14.9. The summed E-state index contributed by atoms with van der Waals surface area (Å²) < 4.78 is 26.5. The molecule has 1 fully saturated rings. The van der Waals surface area contributed by atoms with Crippen molar-refractivity contribution in [3.63, 3.8) is 0 Å². The monoisotopic (exact) mass is 527 g/mol. The van der Waals surface area contributed by atoms with Crippen LogP contribution >= 0.6 is 0 Å². The molecule has 0 aliphatic heterocycles. The fraction of sp³-hybridized carbons (Fsp3) is 0.517. The second-order valence-corrected chi connectivity index (χ2v) is 12.1. The van der Waals surface area contributed by atoms with E-state index in [1.165, 1.54) is 10.6 Å². The van der Waals surface area contributed by atoms with Crippen LogP contribution < -0.4 is 9.62 Å². The van der Waals surface area contributed by atoms with Crippen molar-refractivity contribution in [2.24, 2.45) is 0 Å². The van der Waals surface area contributed by atoms with E-state index in [9.17, 15) is 18.0 Å². The molecule has 1 saturated carbocycles. The molecule has 0 aromatic heterocycles. The third-order valence-electron chi connectivity index (χ3n) is 7.06. The molecule has 0 bridgehead atoms. The summed E-state index contributed by atoms with van der Waals surface area (Å²) in [5.74, 6) is -0.249. The zero-order valence-electron chi connectivity index (χ0n) is 22.6. The predicted octanol–water partition coefficient (Wildman–Crippen LogP) is 4.72. The Bertz CT molecular complexity index is 1180. The van der Waals surface area contributed by atoms with Gasteiger partial charge in [-0.05, 0) is 56.7 Å². The van der Waals surface area contributed by atoms with Crippen LogP contribution in [-0.4, -0.2) is 50.0 Å². The Morgan fingerprint density at radius 2 is 1.76 bits per heavy atom. The van der Waals surface area contributed by atoms with E-state index in [2.05, 4.69) is 5.32 Å². The maximum absolute atomic E-state index is 13.6. The Morgan fingerprint density at radius 3 is 2.38 bits per heavy atom. The lowest BCUT2D eigenvalue weighted by Gasteiger charge is -2.32. The van der Waals surface area contributed by atoms with Gasteiger partial charge >= 0.3 is 0 Å². The summed E-state index contributed by atoms with van der Waals surface area (Å²) in [5, 5.41) is 3.16. The summed E-state index contributed by atoms with van der Waals surface area (Å²) >= 11 is 0. The first kappa shape index (κ1) is 28.7. The number of carbonyl (C=O) groups excluding carboxylic acids is 2. The van der Waals surface area contributed by atoms with Gasteiger partial charge in [0, 0.05) is 25.6 Å². The maximum Gasteiger partial charge on any atom is 0.243 e. The molecule has 0 radical (unpaired) electrons. The van der Waals surface area contributed by atoms with Crippen LogP contribution in [-0.2, 0) is 26.2 Å². The average molecular weight is 528 g/mol. The van der Waals surface area contributed by atoms with Gasteiger partial charge < -0.3 is 10.2 Å². The largest absolute Gasteiger partial charge is 0.352 e. The number of para-hydroxylation sites is 1. The fourth-order valence-electron chi connectivity index (χ4n) is 5.12. The van der Waals surface area contributed by atoms with Gasteiger partial charge in [0.2, 0.25) is 21.8 Å². The Balaban J connectivity index is 1.76. The number of amides is 2. The predicted molar refractivity (Wildman–Crippen MR) is 149 cm³/mol. The average Bonchev–Trinajstić information content (AvgIpc) is 3.34. The number of sulfonamides is 1. The molecular formula is C29H41N3O4S. The summed E-state index contributed by atoms with van der Waals surface area (Å²) in [5.41, 5.74) is 3.54. The van der Waals surface area contributed by atoms with E-state index in [0.29, 0.717) is 25.1 Å². The van der Waals surface area contributed by atoms with Gasteiger partial charge in [0.15, 0.2) is 0 Å². The molecule has 1 aliphatic rings. The van der Waals surface area contributed by atoms with E-state index in [1.54, 1.807) is 11.0 Å². The van der Waals surface area contributed by atoms with Gasteiger partial charge in [0.05, 0.1) is 11.9 Å². The van der Waals surface area contributed by atoms with Crippen LogP contribution in [0.4, 0.5) is 5.69 Å². The molecule has 2 amide bonds. The number of nitrogens with zero attached hydrogens (tertiary/aromatic N) is 2. The van der Waals surface area contributed by atoms with Crippen molar-refractivity contribution in [3.8, 4) is 0 Å². The number of hydrogen-bond acceptors (Lipinski definition) is 4. The lowest BCUT2D eigenvalue weighted by molar-refractivity contribution is -0.141. The number of benzene rings is 2. The highest BCUT2D eigenvalue weighted by Gasteiger charge is 2.30. The van der Waals surface area contributed by atoms with Gasteiger partial charge in [-0.2, -0.15) is 0 Å². The third-order valence-corrected chi connectivity index (χ3v) is 8.24. The molecule has 2 aromatic carbocycles. The van der Waals surface area contributed by atoms with Gasteiger partial charge in [-0.1, -0.05) is 67.8 Å². The van der Waals surface area contributed by atoms with Crippen molar-refractivity contribution in [1.82, 2.24) is 10.2 Å². The first-order chi connectivity index (χ1) is 17.6. The Kier molecular flexibility index (Phi) is 10.1. The highest BCUT2D eigenvalue weighted by molar-refractivity contribution is 7.92. The molecule has 3 rings (SSSR count). The minimum atomic E-state index is -3.52. The molecule has 7 nitrogen and oxygen atoms in total. The maximum atomic E-state index is 13.6. The van der Waals surface area contributed by atoms with Crippen molar-refractivity contribution in [1.29, 1.82) is 0 Å². The van der Waals surface area contributed by atoms with E-state index in [0.717, 1.165) is 42.4 Å². The van der Waals surface area contributed by atoms with Crippen LogP contribution in [0.3, 0.4) is 0 Å². The van der Waals surface area contributed by atoms with Crippen molar-refractivity contribution in [3.05, 3.63) is 65.2 Å². The zero-order valence-corrected chi connectivity index (χ0v) is 23.4. The highest BCUT2D eigenvalue weighted by Crippen LogP contribution is 2.24. The van der Waals surface area contributed by atoms with Crippen molar-refractivity contribution in [2.45, 2.75) is 84.3 Å². The summed E-state index contributed by atoms with van der Waals surface area (Å²) in [7, 11) is -3.52. The second kappa shape index (κ2) is 13.1. The van der Waals surface area contributed by atoms with Crippen LogP contribution in [0.5, 0.6) is 0 Å². The van der Waals surface area contributed by atoms with E-state index >= 15 is 0 Å². The van der Waals surface area contributed by atoms with Crippen molar-refractivity contribution in [2.75, 3.05) is 17.1 Å². The SMILES string of the molecule is CC[C@H](C(=O)NC1CCCC1)N(Cc1cccc(C)c1)C(=O)CCCN(c1ccccc1C)S(C)(=O)=O. The zero-order chi connectivity index (χ0) is 27.0. The number of anilines is 1. The topological polar surface area (TPSA) is 86.8 Å². The van der Waals surface area contributed by atoms with Crippen LogP contribution in [0, 0.1) is 13.8 Å². The standard InChI is InChI=1S/C29H41N3O4S/c1-5-26(29(34)30-25-15-7-8-16-25)31(21-24-14-10-12-22(2)20-24)28(33)18-11-19-32(37(4,35)36)27-17-9-6-13-23(27)3/h6,9-10,12-14,17,20,25-26H,5,7-8,11,15-16,18-19,21H2,1-4H3,(H,30,34)/t26-/m1/s1. The first-order valence-electron chi connectivity index (χ1n) is 13.3. The van der Waals surface area contributed by atoms with Gasteiger partial charge in [-0.3, -0.25) is 13.9 Å². The fourth-order valence-corrected chi connectivity index (χ4v) is 6.14. The molecule has 1 N–H and O–H groups in total. The minimum absolute atomic E-state index is 0.104. The molecule has 0 heterocycles. The summed E-state index contributed by atoms with van der Waals surface area (Å²) in [6.45, 7) is 6.34. The highest BCUT2D eigenvalue weighted by atomic mass is 32.2. The van der Waals surface area contributed by atoms with Gasteiger partial charge in [0.1, 0.15) is 6.04 Å². The number of carbonyl (C=O) groups is 2. The Morgan fingerprint density at radius 1 is 1.05 bits per heavy atom. The second-order valence-electron chi connectivity index (χ2n) is 10.1. The molecule has 1 aliphatic carbocycles. The van der Waals surface area contributed by atoms with E-state index in [1.807, 2.05) is 63.2 Å². The summed E-state index contributed by atoms with van der Waals surface area (Å²) in [4.78, 5) is 28.5. The van der Waals surface area contributed by atoms with Crippen LogP contribution in [0.1, 0.15) is 68.6 Å². The molecule has 0 unspecified atom stereocenters. The van der Waals surface area contributed by atoms with Crippen molar-refractivity contribution < 1.29 is 18.0 Å². The lowest BCUT2D eigenvalue weighted by atomic mass is 10.1. The van der Waals surface area contributed by atoms with Crippen molar-refractivity contribution >= 4 is 27.5 Å². The smallest absolute Gasteiger partial charge is 0.243 e. The number of hydrogen-bond donors (Lipinski definition) is 1. The number of aryl methyl sites for hydroxylation is 2. The van der Waals surface area contributed by atoms with Crippen LogP contribution in [0.25, 0.3) is 0 Å². The molecular weight excluding hydrogens is 486 g/mol. The normalized spacial score (nSPS) is 14.8. The molecule has 1 atom stereocenters. The number of nitrogens with one attached hydrogen (secondary N) is 1. The van der Waals surface area contributed by atoms with Crippen LogP contribution in [0.15, 0.2) is 48.5 Å². The molecule has 202 valence electrons. The summed E-state index contributed by atoms with van der Waals surface area (Å²) in [6.07, 6.45) is 6.39. The minimum Gasteiger partial charge on any atom is -0.352 e. The van der Waals surface area contributed by atoms with Gasteiger partial charge in [-0.25, -0.2) is 8.42 Å². The first-order valence-corrected chi connectivity index (χ1v) is 15.1. The van der Waals surface area contributed by atoms with Gasteiger partial charge in [-0.15, -0.1) is 0 Å². The molecule has 37 heavy (non-hydrogen) atoms. The number of rotatable bonds is 12. The van der Waals surface area contributed by atoms with E-state index in [4.69, 9.17) is 0 Å². The molecule has 8 heteroatoms. The molecule has 2 aromatic rings. The molecule has 0 spiro atoms. The third kappa shape index (κ3) is 8.06. The van der Waals surface area contributed by atoms with E-state index in [-0.39, 0.29) is 30.8 Å².